The molecule has 15 heavy (non-hydrogen) atoms. The number of alkyl halides is 3. The molecule has 84 valence electrons. The van der Waals surface area contributed by atoms with Crippen LogP contribution in [0.5, 0.6) is 5.75 Å². The summed E-state index contributed by atoms with van der Waals surface area (Å²) < 4.78 is 67.1. The second-order valence-corrected chi connectivity index (χ2v) is 2.67. The van der Waals surface area contributed by atoms with Gasteiger partial charge in [-0.2, -0.15) is 13.2 Å². The Balaban J connectivity index is 3.35. The summed E-state index contributed by atoms with van der Waals surface area (Å²) in [6.07, 6.45) is -4.98. The highest BCUT2D eigenvalue weighted by atomic mass is 19.4. The van der Waals surface area contributed by atoms with Crippen LogP contribution in [0.4, 0.5) is 22.0 Å². The molecule has 0 bridgehead atoms. The van der Waals surface area contributed by atoms with E-state index in [-0.39, 0.29) is 6.61 Å². The predicted octanol–water partition coefficient (Wildman–Crippen LogP) is 3.38. The van der Waals surface area contributed by atoms with E-state index < -0.39 is 29.1 Å². The van der Waals surface area contributed by atoms with E-state index in [1.165, 1.54) is 6.92 Å². The van der Waals surface area contributed by atoms with Crippen LogP contribution in [0.2, 0.25) is 0 Å². The molecule has 0 amide bonds. The van der Waals surface area contributed by atoms with Crippen LogP contribution < -0.4 is 4.74 Å². The highest BCUT2D eigenvalue weighted by molar-refractivity contribution is 5.37. The summed E-state index contributed by atoms with van der Waals surface area (Å²) in [5.41, 5.74) is -1.70. The van der Waals surface area contributed by atoms with E-state index in [1.807, 2.05) is 0 Å². The van der Waals surface area contributed by atoms with Gasteiger partial charge in [0.25, 0.3) is 0 Å². The lowest BCUT2D eigenvalue weighted by atomic mass is 10.1. The van der Waals surface area contributed by atoms with E-state index in [2.05, 4.69) is 4.74 Å². The molecule has 0 saturated carbocycles. The molecular weight excluding hydrogens is 219 g/mol. The summed E-state index contributed by atoms with van der Waals surface area (Å²) in [5.74, 6) is -4.19. The highest BCUT2D eigenvalue weighted by Gasteiger charge is 2.39. The van der Waals surface area contributed by atoms with Crippen molar-refractivity contribution in [1.29, 1.82) is 0 Å². The molecule has 0 N–H and O–H groups in total. The zero-order valence-corrected chi connectivity index (χ0v) is 7.66. The molecule has 6 heteroatoms. The summed E-state index contributed by atoms with van der Waals surface area (Å²) in [4.78, 5) is 0. The number of rotatable bonds is 2. The number of benzene rings is 1. The third-order valence-corrected chi connectivity index (χ3v) is 1.64. The van der Waals surface area contributed by atoms with Crippen LogP contribution in [-0.2, 0) is 6.18 Å². The molecular formula is C9H7F5O. The molecule has 1 rings (SSSR count). The molecule has 1 nitrogen and oxygen atoms in total. The first-order chi connectivity index (χ1) is 6.88. The van der Waals surface area contributed by atoms with Crippen LogP contribution in [0.25, 0.3) is 0 Å². The SMILES string of the molecule is CCOc1ccc(F)c(F)c1C(F)(F)F. The van der Waals surface area contributed by atoms with Crippen molar-refractivity contribution in [3.8, 4) is 5.75 Å². The van der Waals surface area contributed by atoms with Gasteiger partial charge in [0.2, 0.25) is 0 Å². The number of ether oxygens (including phenoxy) is 1. The Kier molecular flexibility index (Phi) is 3.16. The molecule has 0 aliphatic rings. The molecule has 0 unspecified atom stereocenters. The van der Waals surface area contributed by atoms with Crippen molar-refractivity contribution in [3.05, 3.63) is 29.3 Å². The van der Waals surface area contributed by atoms with Gasteiger partial charge in [-0.15, -0.1) is 0 Å². The van der Waals surface area contributed by atoms with Gasteiger partial charge in [-0.25, -0.2) is 8.78 Å². The summed E-state index contributed by atoms with van der Waals surface area (Å²) in [7, 11) is 0. The van der Waals surface area contributed by atoms with Gasteiger partial charge in [0.1, 0.15) is 11.3 Å². The van der Waals surface area contributed by atoms with Crippen LogP contribution in [0.3, 0.4) is 0 Å². The Morgan fingerprint density at radius 3 is 2.27 bits per heavy atom. The maximum atomic E-state index is 12.9. The van der Waals surface area contributed by atoms with Crippen LogP contribution in [-0.4, -0.2) is 6.61 Å². The van der Waals surface area contributed by atoms with Crippen LogP contribution >= 0.6 is 0 Å². The lowest BCUT2D eigenvalue weighted by Crippen LogP contribution is -2.12. The standard InChI is InChI=1S/C9H7F5O/c1-2-15-6-4-3-5(10)8(11)7(6)9(12,13)14/h3-4H,2H2,1H3. The smallest absolute Gasteiger partial charge is 0.422 e. The van der Waals surface area contributed by atoms with Crippen molar-refractivity contribution in [2.24, 2.45) is 0 Å². The lowest BCUT2D eigenvalue weighted by molar-refractivity contribution is -0.141. The van der Waals surface area contributed by atoms with E-state index in [0.29, 0.717) is 6.07 Å². The van der Waals surface area contributed by atoms with Gasteiger partial charge in [-0.3, -0.25) is 0 Å². The fraction of sp³-hybridized carbons (Fsp3) is 0.333. The maximum absolute atomic E-state index is 12.9. The summed E-state index contributed by atoms with van der Waals surface area (Å²) in [6, 6.07) is 1.35. The normalized spacial score (nSPS) is 11.6. The van der Waals surface area contributed by atoms with Crippen molar-refractivity contribution in [2.75, 3.05) is 6.61 Å². The van der Waals surface area contributed by atoms with Gasteiger partial charge in [-0.05, 0) is 19.1 Å². The minimum Gasteiger partial charge on any atom is -0.493 e. The highest BCUT2D eigenvalue weighted by Crippen LogP contribution is 2.38. The Morgan fingerprint density at radius 2 is 1.80 bits per heavy atom. The molecule has 0 saturated heterocycles. The third-order valence-electron chi connectivity index (χ3n) is 1.64. The van der Waals surface area contributed by atoms with E-state index in [0.717, 1.165) is 6.07 Å². The molecule has 0 aliphatic carbocycles. The Hall–Kier alpha value is -1.33. The zero-order valence-electron chi connectivity index (χ0n) is 7.66. The molecule has 0 heterocycles. The van der Waals surface area contributed by atoms with E-state index in [1.54, 1.807) is 0 Å². The second-order valence-electron chi connectivity index (χ2n) is 2.67. The molecule has 0 fully saturated rings. The van der Waals surface area contributed by atoms with Crippen LogP contribution in [0.1, 0.15) is 12.5 Å². The summed E-state index contributed by atoms with van der Waals surface area (Å²) in [6.45, 7) is 1.38. The molecule has 0 radical (unpaired) electrons. The van der Waals surface area contributed by atoms with Crippen molar-refractivity contribution in [1.82, 2.24) is 0 Å². The van der Waals surface area contributed by atoms with E-state index in [4.69, 9.17) is 0 Å². The molecule has 0 spiro atoms. The topological polar surface area (TPSA) is 9.23 Å². The first-order valence-electron chi connectivity index (χ1n) is 4.06. The Bertz CT molecular complexity index is 358. The van der Waals surface area contributed by atoms with Crippen molar-refractivity contribution < 1.29 is 26.7 Å². The van der Waals surface area contributed by atoms with Gasteiger partial charge in [0.05, 0.1) is 6.61 Å². The molecule has 1 aromatic rings. The maximum Gasteiger partial charge on any atom is 0.422 e. The molecule has 1 aromatic carbocycles. The zero-order chi connectivity index (χ0) is 11.6. The average molecular weight is 226 g/mol. The van der Waals surface area contributed by atoms with Gasteiger partial charge in [0, 0.05) is 0 Å². The predicted molar refractivity (Wildman–Crippen MR) is 42.5 cm³/mol. The van der Waals surface area contributed by atoms with Crippen molar-refractivity contribution in [2.45, 2.75) is 13.1 Å². The first-order valence-corrected chi connectivity index (χ1v) is 4.06. The third kappa shape index (κ3) is 2.37. The fourth-order valence-electron chi connectivity index (χ4n) is 1.07. The van der Waals surface area contributed by atoms with Crippen molar-refractivity contribution >= 4 is 0 Å². The van der Waals surface area contributed by atoms with E-state index >= 15 is 0 Å². The van der Waals surface area contributed by atoms with Gasteiger partial charge in [0.15, 0.2) is 11.6 Å². The number of hydrogen-bond donors (Lipinski definition) is 0. The van der Waals surface area contributed by atoms with Crippen LogP contribution in [0, 0.1) is 11.6 Å². The molecule has 0 aliphatic heterocycles. The lowest BCUT2D eigenvalue weighted by Gasteiger charge is -2.13. The molecule has 0 aromatic heterocycles. The summed E-state index contributed by atoms with van der Waals surface area (Å²) >= 11 is 0. The largest absolute Gasteiger partial charge is 0.493 e. The fourth-order valence-corrected chi connectivity index (χ4v) is 1.07. The van der Waals surface area contributed by atoms with E-state index in [9.17, 15) is 22.0 Å². The Labute approximate surface area is 82.5 Å². The monoisotopic (exact) mass is 226 g/mol. The minimum atomic E-state index is -4.98. The van der Waals surface area contributed by atoms with Gasteiger partial charge >= 0.3 is 6.18 Å². The second kappa shape index (κ2) is 4.04. The number of halogens is 5. The number of hydrogen-bond acceptors (Lipinski definition) is 1. The first kappa shape index (κ1) is 11.7. The van der Waals surface area contributed by atoms with Gasteiger partial charge in [-0.1, -0.05) is 0 Å². The quantitative estimate of drug-likeness (QED) is 0.702. The minimum absolute atomic E-state index is 0.0614. The Morgan fingerprint density at radius 1 is 1.20 bits per heavy atom. The average Bonchev–Trinajstić information content (AvgIpc) is 2.10. The van der Waals surface area contributed by atoms with Crippen molar-refractivity contribution in [3.63, 3.8) is 0 Å². The van der Waals surface area contributed by atoms with Crippen LogP contribution in [0.15, 0.2) is 12.1 Å². The summed E-state index contributed by atoms with van der Waals surface area (Å²) in [5, 5.41) is 0. The van der Waals surface area contributed by atoms with Gasteiger partial charge < -0.3 is 4.74 Å². The molecule has 0 atom stereocenters.